The normalized spacial score (nSPS) is 15.2. The molecule has 28 heavy (non-hydrogen) atoms. The third kappa shape index (κ3) is 4.58. The van der Waals surface area contributed by atoms with E-state index in [0.717, 1.165) is 0 Å². The molecule has 1 aliphatic rings. The molecule has 1 heterocycles. The fraction of sp³-hybridized carbons (Fsp3) is 0.500. The van der Waals surface area contributed by atoms with Gasteiger partial charge in [-0.15, -0.1) is 0 Å². The maximum Gasteiger partial charge on any atom is 0.313 e. The summed E-state index contributed by atoms with van der Waals surface area (Å²) in [5, 5.41) is 0. The SMILES string of the molecule is CCC(=O)c1ccc2c(c1)C(=O)N([Si](C)(C)O[Si](C)(C)O[Si](C)(C)NC)C2=O. The lowest BCUT2D eigenvalue weighted by Crippen LogP contribution is -2.63. The Kier molecular flexibility index (Phi) is 6.34. The van der Waals surface area contributed by atoms with Crippen LogP contribution in [0.5, 0.6) is 0 Å². The van der Waals surface area contributed by atoms with E-state index in [0.29, 0.717) is 17.5 Å². The van der Waals surface area contributed by atoms with Crippen LogP contribution < -0.4 is 4.98 Å². The number of nitrogens with zero attached hydrogens (tertiary/aromatic N) is 1. The number of imide groups is 1. The zero-order valence-electron chi connectivity index (χ0n) is 17.9. The molecular weight excluding hydrogens is 408 g/mol. The summed E-state index contributed by atoms with van der Waals surface area (Å²) in [7, 11) is -5.74. The van der Waals surface area contributed by atoms with Crippen LogP contribution >= 0.6 is 0 Å². The minimum atomic E-state index is -2.91. The topological polar surface area (TPSA) is 84.9 Å². The van der Waals surface area contributed by atoms with Crippen LogP contribution in [0.1, 0.15) is 44.4 Å². The van der Waals surface area contributed by atoms with E-state index in [1.54, 1.807) is 19.1 Å². The molecule has 2 amide bonds. The van der Waals surface area contributed by atoms with Crippen molar-refractivity contribution in [1.82, 2.24) is 9.55 Å². The van der Waals surface area contributed by atoms with Crippen molar-refractivity contribution in [2.75, 3.05) is 7.05 Å². The van der Waals surface area contributed by atoms with Crippen molar-refractivity contribution in [3.8, 4) is 0 Å². The number of carbonyl (C=O) groups is 3. The van der Waals surface area contributed by atoms with Gasteiger partial charge in [-0.25, -0.2) is 0 Å². The van der Waals surface area contributed by atoms with Crippen LogP contribution in [0.4, 0.5) is 0 Å². The van der Waals surface area contributed by atoms with Crippen LogP contribution in [0.3, 0.4) is 0 Å². The van der Waals surface area contributed by atoms with Crippen LogP contribution in [-0.2, 0) is 8.23 Å². The highest BCUT2D eigenvalue weighted by atomic mass is 28.5. The third-order valence-corrected chi connectivity index (χ3v) is 15.3. The number of benzene rings is 1. The molecule has 2 rings (SSSR count). The summed E-state index contributed by atoms with van der Waals surface area (Å²) in [6.07, 6.45) is 0.344. The first-order valence-corrected chi connectivity index (χ1v) is 18.0. The van der Waals surface area contributed by atoms with Gasteiger partial charge in [-0.3, -0.25) is 18.9 Å². The molecule has 10 heteroatoms. The van der Waals surface area contributed by atoms with Gasteiger partial charge in [0.1, 0.15) is 0 Å². The highest BCUT2D eigenvalue weighted by Crippen LogP contribution is 2.31. The van der Waals surface area contributed by atoms with Crippen LogP contribution in [-0.4, -0.2) is 54.7 Å². The summed E-state index contributed by atoms with van der Waals surface area (Å²) < 4.78 is 13.9. The molecule has 0 unspecified atom stereocenters. The second-order valence-corrected chi connectivity index (χ2v) is 19.6. The largest absolute Gasteiger partial charge is 0.424 e. The van der Waals surface area contributed by atoms with Crippen molar-refractivity contribution in [2.24, 2.45) is 0 Å². The van der Waals surface area contributed by atoms with Gasteiger partial charge in [0.05, 0.1) is 11.1 Å². The van der Waals surface area contributed by atoms with E-state index in [1.165, 1.54) is 10.6 Å². The molecular formula is C18H30N2O5Si3. The Labute approximate surface area is 170 Å². The highest BCUT2D eigenvalue weighted by Gasteiger charge is 2.50. The lowest BCUT2D eigenvalue weighted by molar-refractivity contribution is 0.0733. The standard InChI is InChI=1S/C18H30N2O5Si3/c1-9-16(21)13-10-11-14-15(12-13)18(23)20(17(14)22)27(5,6)25-28(7,8)24-26(3,4)19-2/h10-12,19H,9H2,1-8H3. The van der Waals surface area contributed by atoms with E-state index in [-0.39, 0.29) is 17.3 Å². The van der Waals surface area contributed by atoms with E-state index in [4.69, 9.17) is 8.23 Å². The zero-order chi connectivity index (χ0) is 21.5. The summed E-state index contributed by atoms with van der Waals surface area (Å²) in [5.74, 6) is -0.810. The number of rotatable bonds is 8. The predicted molar refractivity (Wildman–Crippen MR) is 115 cm³/mol. The Balaban J connectivity index is 2.32. The zero-order valence-corrected chi connectivity index (χ0v) is 20.9. The lowest BCUT2D eigenvalue weighted by atomic mass is 10.0. The predicted octanol–water partition coefficient (Wildman–Crippen LogP) is 3.23. The Hall–Kier alpha value is -1.44. The summed E-state index contributed by atoms with van der Waals surface area (Å²) in [5.41, 5.74) is 1.05. The maximum absolute atomic E-state index is 13.1. The Morgan fingerprint density at radius 2 is 1.57 bits per heavy atom. The molecule has 0 saturated carbocycles. The maximum atomic E-state index is 13.1. The summed E-state index contributed by atoms with van der Waals surface area (Å²) in [6, 6.07) is 4.71. The molecule has 1 aromatic carbocycles. The molecule has 0 bridgehead atoms. The second-order valence-electron chi connectivity index (χ2n) is 8.29. The molecule has 7 nitrogen and oxygen atoms in total. The van der Waals surface area contributed by atoms with Crippen molar-refractivity contribution in [1.29, 1.82) is 0 Å². The van der Waals surface area contributed by atoms with Gasteiger partial charge < -0.3 is 13.2 Å². The van der Waals surface area contributed by atoms with Gasteiger partial charge in [-0.05, 0) is 58.5 Å². The average Bonchev–Trinajstić information content (AvgIpc) is 2.83. The number of hydrogen-bond acceptors (Lipinski definition) is 6. The smallest absolute Gasteiger partial charge is 0.313 e. The Morgan fingerprint density at radius 1 is 1.00 bits per heavy atom. The first-order valence-electron chi connectivity index (χ1n) is 9.40. The molecule has 1 N–H and O–H groups in total. The minimum Gasteiger partial charge on any atom is -0.424 e. The van der Waals surface area contributed by atoms with Crippen molar-refractivity contribution in [3.05, 3.63) is 34.9 Å². The van der Waals surface area contributed by atoms with Crippen molar-refractivity contribution in [3.63, 3.8) is 0 Å². The van der Waals surface area contributed by atoms with E-state index >= 15 is 0 Å². The van der Waals surface area contributed by atoms with Gasteiger partial charge in [0.2, 0.25) is 0 Å². The van der Waals surface area contributed by atoms with Crippen molar-refractivity contribution >= 4 is 43.1 Å². The molecule has 1 aromatic rings. The molecule has 0 saturated heterocycles. The van der Waals surface area contributed by atoms with Crippen LogP contribution in [0, 0.1) is 0 Å². The molecule has 154 valence electrons. The number of ketones is 1. The van der Waals surface area contributed by atoms with E-state index in [9.17, 15) is 14.4 Å². The molecule has 1 aliphatic heterocycles. The molecule has 0 fully saturated rings. The average molecular weight is 439 g/mol. The van der Waals surface area contributed by atoms with Crippen LogP contribution in [0.2, 0.25) is 39.3 Å². The molecule has 0 aliphatic carbocycles. The highest BCUT2D eigenvalue weighted by molar-refractivity contribution is 6.88. The first kappa shape index (κ1) is 22.8. The van der Waals surface area contributed by atoms with E-state index in [1.807, 2.05) is 46.3 Å². The Morgan fingerprint density at radius 3 is 2.11 bits per heavy atom. The fourth-order valence-electron chi connectivity index (χ4n) is 3.44. The first-order chi connectivity index (χ1) is 12.7. The minimum absolute atomic E-state index is 0.0598. The van der Waals surface area contributed by atoms with E-state index < -0.39 is 31.4 Å². The fourth-order valence-corrected chi connectivity index (χ4v) is 15.7. The molecule has 0 radical (unpaired) electrons. The van der Waals surface area contributed by atoms with Gasteiger partial charge in [-0.1, -0.05) is 13.0 Å². The van der Waals surface area contributed by atoms with Crippen molar-refractivity contribution < 1.29 is 22.6 Å². The van der Waals surface area contributed by atoms with Crippen LogP contribution in [0.25, 0.3) is 0 Å². The molecule has 0 atom stereocenters. The molecule has 0 aromatic heterocycles. The summed E-state index contributed by atoms with van der Waals surface area (Å²) in [6.45, 7) is 13.4. The Bertz CT molecular complexity index is 823. The van der Waals surface area contributed by atoms with Gasteiger partial charge in [-0.2, -0.15) is 0 Å². The monoisotopic (exact) mass is 438 g/mol. The lowest BCUT2D eigenvalue weighted by Gasteiger charge is -2.40. The summed E-state index contributed by atoms with van der Waals surface area (Å²) >= 11 is 0. The molecule has 0 spiro atoms. The van der Waals surface area contributed by atoms with Crippen molar-refractivity contribution in [2.45, 2.75) is 52.6 Å². The number of hydrogen-bond donors (Lipinski definition) is 1. The van der Waals surface area contributed by atoms with Gasteiger partial charge >= 0.3 is 8.56 Å². The van der Waals surface area contributed by atoms with Gasteiger partial charge in [0.25, 0.3) is 28.8 Å². The van der Waals surface area contributed by atoms with Gasteiger partial charge in [0.15, 0.2) is 5.78 Å². The number of amides is 2. The van der Waals surface area contributed by atoms with Gasteiger partial charge in [0, 0.05) is 12.0 Å². The number of Topliss-reactive ketones (excluding diaryl/α,β-unsaturated/α-hetero) is 1. The van der Waals surface area contributed by atoms with E-state index in [2.05, 4.69) is 4.98 Å². The number of fused-ring (bicyclic) bond motifs is 1. The number of carbonyl (C=O) groups excluding carboxylic acids is 3. The van der Waals surface area contributed by atoms with Crippen LogP contribution in [0.15, 0.2) is 18.2 Å². The third-order valence-electron chi connectivity index (χ3n) is 4.67. The quantitative estimate of drug-likeness (QED) is 0.381. The summed E-state index contributed by atoms with van der Waals surface area (Å²) in [4.78, 5) is 41.2. The second kappa shape index (κ2) is 7.77. The number of nitrogens with one attached hydrogen (secondary N) is 1.